The first-order valence-corrected chi connectivity index (χ1v) is 26.8. The minimum atomic E-state index is -1.89. The highest BCUT2D eigenvalue weighted by atomic mass is 16.6. The Kier molecular flexibility index (Phi) is 22.9. The van der Waals surface area contributed by atoms with Gasteiger partial charge in [-0.25, -0.2) is 9.78 Å². The van der Waals surface area contributed by atoms with E-state index in [0.29, 0.717) is 105 Å². The topological polar surface area (TPSA) is 296 Å². The Morgan fingerprint density at radius 2 is 1.63 bits per heavy atom. The number of aldehydes is 1. The van der Waals surface area contributed by atoms with E-state index in [1.54, 1.807) is 38.3 Å². The zero-order valence-corrected chi connectivity index (χ0v) is 46.5. The van der Waals surface area contributed by atoms with Gasteiger partial charge in [0, 0.05) is 73.4 Å². The van der Waals surface area contributed by atoms with Crippen LogP contribution in [0, 0.1) is 11.8 Å². The summed E-state index contributed by atoms with van der Waals surface area (Å²) < 4.78 is 28.6. The molecule has 1 aromatic heterocycles. The zero-order chi connectivity index (χ0) is 57.2. The molecule has 0 bridgehead atoms. The number of nitrogens with two attached hydrogens (primary N) is 1. The molecule has 0 radical (unpaired) electrons. The summed E-state index contributed by atoms with van der Waals surface area (Å²) >= 11 is 0. The number of imide groups is 1. The number of cyclic esters (lactones) is 1. The van der Waals surface area contributed by atoms with Gasteiger partial charge in [0.05, 0.1) is 47.9 Å². The van der Waals surface area contributed by atoms with Gasteiger partial charge >= 0.3 is 11.9 Å². The van der Waals surface area contributed by atoms with E-state index in [9.17, 15) is 43.5 Å². The third kappa shape index (κ3) is 17.1. The molecule has 6 rings (SSSR count). The average molecular weight is 1090 g/mol. The third-order valence-electron chi connectivity index (χ3n) is 14.2. The number of hydrogen-bond acceptors (Lipinski definition) is 18. The van der Waals surface area contributed by atoms with E-state index < -0.39 is 60.3 Å². The van der Waals surface area contributed by atoms with Crippen molar-refractivity contribution in [3.8, 4) is 5.75 Å². The molecule has 0 spiro atoms. The van der Waals surface area contributed by atoms with Crippen LogP contribution in [-0.2, 0) is 75.0 Å². The van der Waals surface area contributed by atoms with Crippen LogP contribution in [0.3, 0.4) is 0 Å². The quantitative estimate of drug-likeness (QED) is 0.0324. The van der Waals surface area contributed by atoms with Gasteiger partial charge in [0.1, 0.15) is 38.4 Å². The van der Waals surface area contributed by atoms with E-state index in [1.165, 1.54) is 15.9 Å². The molecule has 2 aromatic rings. The molecule has 428 valence electrons. The van der Waals surface area contributed by atoms with Gasteiger partial charge in [0.15, 0.2) is 0 Å². The fourth-order valence-corrected chi connectivity index (χ4v) is 9.67. The van der Waals surface area contributed by atoms with Crippen molar-refractivity contribution in [1.82, 2.24) is 36.1 Å². The van der Waals surface area contributed by atoms with Crippen molar-refractivity contribution < 1.29 is 67.1 Å². The van der Waals surface area contributed by atoms with Crippen LogP contribution in [0.4, 0.5) is 0 Å². The molecule has 78 heavy (non-hydrogen) atoms. The van der Waals surface area contributed by atoms with Gasteiger partial charge in [-0.2, -0.15) is 0 Å². The third-order valence-corrected chi connectivity index (χ3v) is 14.2. The van der Waals surface area contributed by atoms with Crippen LogP contribution in [0.15, 0.2) is 47.3 Å². The molecule has 3 aliphatic heterocycles. The van der Waals surface area contributed by atoms with Crippen LogP contribution < -0.4 is 27.0 Å². The van der Waals surface area contributed by atoms with Gasteiger partial charge in [-0.1, -0.05) is 13.8 Å². The van der Waals surface area contributed by atoms with Crippen LogP contribution >= 0.6 is 0 Å². The molecule has 4 heterocycles. The first kappa shape index (κ1) is 62.1. The lowest BCUT2D eigenvalue weighted by molar-refractivity contribution is -0.179. The van der Waals surface area contributed by atoms with E-state index in [-0.39, 0.29) is 49.6 Å². The Hall–Kier alpha value is -6.75. The van der Waals surface area contributed by atoms with E-state index in [1.807, 2.05) is 41.7 Å². The van der Waals surface area contributed by atoms with Gasteiger partial charge in [-0.3, -0.25) is 33.7 Å². The van der Waals surface area contributed by atoms with Crippen molar-refractivity contribution in [2.24, 2.45) is 17.6 Å². The Morgan fingerprint density at radius 1 is 0.949 bits per heavy atom. The summed E-state index contributed by atoms with van der Waals surface area (Å²) in [5.74, 6) is -2.24. The highest BCUT2D eigenvalue weighted by molar-refractivity contribution is 6.02. The van der Waals surface area contributed by atoms with Gasteiger partial charge < -0.3 is 65.5 Å². The standard InChI is InChI=1S/C44H63N7O11.C12H17NO3/c1-9-31-32-17-30(53)11-12-35(32)50-40-33(31)22-51(27-52)36(40)18-34-28(3)23-59-41(57)44(34,10-2)62-39(56)21-48-37(54)24-58-25-38(55)49-26-43(6,7)60-15-13-42(4,5)61-16-14-47-20-29(45)19-46-8;14-8-10-3-1-9(2-4-10)7-13-11(15)5-6-12(13)16/h11-12,17-18,20,27,46-47,53H,9-10,13-16,19,21-26,45H2,1-8H3,(H,48,54)(H,49,55);8-10H,1-7H2/b29-20-,36-18-;. The average Bonchev–Trinajstić information content (AvgIpc) is 3.94. The van der Waals surface area contributed by atoms with Gasteiger partial charge in [0.2, 0.25) is 35.6 Å². The number of aromatic nitrogens is 1. The summed E-state index contributed by atoms with van der Waals surface area (Å²) in [6, 6.07) is 4.88. The number of pyridine rings is 1. The second kappa shape index (κ2) is 28.7. The number of nitrogens with one attached hydrogen (secondary N) is 4. The maximum Gasteiger partial charge on any atom is 0.355 e. The molecular formula is C56H80N8O14. The Labute approximate surface area is 456 Å². The Morgan fingerprint density at radius 3 is 2.27 bits per heavy atom. The van der Waals surface area contributed by atoms with Crippen molar-refractivity contribution >= 4 is 64.9 Å². The monoisotopic (exact) mass is 1090 g/mol. The Bertz CT molecular complexity index is 2590. The smallest absolute Gasteiger partial charge is 0.355 e. The normalized spacial score (nSPS) is 20.3. The fourth-order valence-electron chi connectivity index (χ4n) is 9.67. The summed E-state index contributed by atoms with van der Waals surface area (Å²) in [5, 5.41) is 22.2. The number of likely N-dealkylation sites (tertiary alicyclic amines) is 1. The lowest BCUT2D eigenvalue weighted by Gasteiger charge is -2.36. The minimum Gasteiger partial charge on any atom is -0.508 e. The molecule has 22 nitrogen and oxygen atoms in total. The molecule has 22 heteroatoms. The molecule has 1 saturated heterocycles. The molecule has 5 amide bonds. The number of nitrogens with zero attached hydrogens (tertiary/aromatic N) is 3. The van der Waals surface area contributed by atoms with Crippen molar-refractivity contribution in [2.75, 3.05) is 72.8 Å². The molecule has 1 aromatic carbocycles. The van der Waals surface area contributed by atoms with Crippen molar-refractivity contribution in [3.63, 3.8) is 0 Å². The molecule has 1 saturated carbocycles. The van der Waals surface area contributed by atoms with Crippen LogP contribution in [0.5, 0.6) is 5.75 Å². The number of fused-ring (bicyclic) bond motifs is 2. The van der Waals surface area contributed by atoms with E-state index in [0.717, 1.165) is 48.5 Å². The number of phenols is 1. The number of rotatable bonds is 27. The minimum absolute atomic E-state index is 0.0164. The number of carbonyl (C=O) groups excluding carboxylic acids is 8. The lowest BCUT2D eigenvalue weighted by Crippen LogP contribution is -2.50. The number of likely N-dealkylation sites (N-methyl/N-ethyl adjacent to an activating group) is 1. The van der Waals surface area contributed by atoms with Crippen LogP contribution in [0.25, 0.3) is 16.6 Å². The van der Waals surface area contributed by atoms with Crippen molar-refractivity contribution in [1.29, 1.82) is 0 Å². The lowest BCUT2D eigenvalue weighted by atomic mass is 9.82. The number of phenolic OH excluding ortho intramolecular Hbond substituents is 1. The summed E-state index contributed by atoms with van der Waals surface area (Å²) in [7, 11) is 1.82. The van der Waals surface area contributed by atoms with Crippen LogP contribution in [-0.4, -0.2) is 158 Å². The zero-order valence-electron chi connectivity index (χ0n) is 46.5. The number of esters is 2. The number of benzene rings is 1. The second-order valence-electron chi connectivity index (χ2n) is 21.2. The molecule has 1 aliphatic carbocycles. The highest BCUT2D eigenvalue weighted by Crippen LogP contribution is 2.42. The molecule has 1 unspecified atom stereocenters. The number of aromatic hydroxyl groups is 1. The van der Waals surface area contributed by atoms with E-state index in [4.69, 9.17) is 34.4 Å². The number of ether oxygens (including phenoxy) is 5. The fraction of sp³-hybridized carbons (Fsp3) is 0.589. The summed E-state index contributed by atoms with van der Waals surface area (Å²) in [4.78, 5) is 105. The molecular weight excluding hydrogens is 1010 g/mol. The number of carbonyl (C=O) groups is 8. The Balaban J connectivity index is 0.000000593. The number of hydrogen-bond donors (Lipinski definition) is 6. The van der Waals surface area contributed by atoms with Crippen LogP contribution in [0.2, 0.25) is 0 Å². The second-order valence-corrected chi connectivity index (χ2v) is 21.2. The van der Waals surface area contributed by atoms with Crippen molar-refractivity contribution in [3.05, 3.63) is 64.1 Å². The number of amides is 5. The predicted octanol–water partition coefficient (Wildman–Crippen LogP) is 3.36. The van der Waals surface area contributed by atoms with Gasteiger partial charge in [0.25, 0.3) is 0 Å². The largest absolute Gasteiger partial charge is 0.508 e. The van der Waals surface area contributed by atoms with Gasteiger partial charge in [-0.05, 0) is 128 Å². The highest BCUT2D eigenvalue weighted by Gasteiger charge is 2.49. The molecule has 4 aliphatic rings. The summed E-state index contributed by atoms with van der Waals surface area (Å²) in [6.07, 6.45) is 10.8. The van der Waals surface area contributed by atoms with Crippen molar-refractivity contribution in [2.45, 2.75) is 130 Å². The SMILES string of the molecule is CCc1c2c(nc3ccc(O)cc13)/C(=C/C1=C(C)COC(=O)C1(CC)OC(=O)CNC(=O)COCC(=O)NCC(C)(C)OCCC(C)(C)OCCN/C=C(\N)CNC)N(C=O)C2.O=CC1CCC(CN2C(=O)CCC2=O)CC1. The maximum atomic E-state index is 13.5. The van der Waals surface area contributed by atoms with E-state index in [2.05, 4.69) is 21.3 Å². The predicted molar refractivity (Wildman–Crippen MR) is 288 cm³/mol. The molecule has 1 atom stereocenters. The number of aryl methyl sites for hydroxylation is 1. The molecule has 2 fully saturated rings. The molecule has 7 N–H and O–H groups in total. The summed E-state index contributed by atoms with van der Waals surface area (Å²) in [6.45, 7) is 14.4. The first-order valence-electron chi connectivity index (χ1n) is 26.8. The maximum absolute atomic E-state index is 13.5. The van der Waals surface area contributed by atoms with Gasteiger partial charge in [-0.15, -0.1) is 0 Å². The summed E-state index contributed by atoms with van der Waals surface area (Å²) in [5.41, 5.74) is 7.71. The first-order chi connectivity index (χ1) is 37.1. The van der Waals surface area contributed by atoms with E-state index >= 15 is 0 Å². The van der Waals surface area contributed by atoms with Crippen LogP contribution in [0.1, 0.15) is 117 Å².